The third-order valence-electron chi connectivity index (χ3n) is 3.70. The lowest BCUT2D eigenvalue weighted by Gasteiger charge is -2.22. The van der Waals surface area contributed by atoms with Crippen LogP contribution >= 0.6 is 35.7 Å². The van der Waals surface area contributed by atoms with Crippen LogP contribution in [0.5, 0.6) is 0 Å². The van der Waals surface area contributed by atoms with Gasteiger partial charge in [-0.3, -0.25) is 4.99 Å². The van der Waals surface area contributed by atoms with Gasteiger partial charge in [-0.15, -0.1) is 24.0 Å². The first-order chi connectivity index (χ1) is 9.76. The maximum absolute atomic E-state index is 5.91. The first-order valence-corrected chi connectivity index (χ1v) is 9.14. The van der Waals surface area contributed by atoms with E-state index < -0.39 is 0 Å². The molecule has 126 valence electrons. The molecule has 2 N–H and O–H groups in total. The predicted molar refractivity (Wildman–Crippen MR) is 105 cm³/mol. The van der Waals surface area contributed by atoms with Crippen LogP contribution in [-0.2, 0) is 4.74 Å². The lowest BCUT2D eigenvalue weighted by atomic mass is 9.98. The van der Waals surface area contributed by atoms with Gasteiger partial charge in [0.15, 0.2) is 5.96 Å². The molecule has 0 aromatic carbocycles. The van der Waals surface area contributed by atoms with Crippen molar-refractivity contribution < 1.29 is 4.74 Å². The van der Waals surface area contributed by atoms with E-state index in [2.05, 4.69) is 28.8 Å². The molecule has 1 saturated carbocycles. The third kappa shape index (κ3) is 10.6. The lowest BCUT2D eigenvalue weighted by Crippen LogP contribution is -2.40. The molecule has 6 heteroatoms. The minimum atomic E-state index is 0. The third-order valence-corrected chi connectivity index (χ3v) is 4.67. The number of aliphatic imine (C=N–C) groups is 1. The van der Waals surface area contributed by atoms with E-state index in [9.17, 15) is 0 Å². The molecule has 0 bridgehead atoms. The highest BCUT2D eigenvalue weighted by molar-refractivity contribution is 14.0. The van der Waals surface area contributed by atoms with E-state index in [1.165, 1.54) is 32.1 Å². The minimum absolute atomic E-state index is 0. The second-order valence-electron chi connectivity index (χ2n) is 5.41. The smallest absolute Gasteiger partial charge is 0.191 e. The Hall–Kier alpha value is 0.310. The molecule has 1 rings (SSSR count). The molecule has 1 aliphatic rings. The van der Waals surface area contributed by atoms with Crippen molar-refractivity contribution in [2.24, 2.45) is 4.99 Å². The summed E-state index contributed by atoms with van der Waals surface area (Å²) in [6.45, 7) is 4.93. The average molecular weight is 429 g/mol. The molecular formula is C15H32IN3OS. The van der Waals surface area contributed by atoms with Crippen LogP contribution in [0.4, 0.5) is 0 Å². The molecular weight excluding hydrogens is 397 g/mol. The van der Waals surface area contributed by atoms with Crippen LogP contribution in [0, 0.1) is 0 Å². The van der Waals surface area contributed by atoms with E-state index in [4.69, 9.17) is 4.74 Å². The molecule has 1 aliphatic carbocycles. The predicted octanol–water partition coefficient (Wildman–Crippen LogP) is 3.26. The Morgan fingerprint density at radius 3 is 2.62 bits per heavy atom. The first kappa shape index (κ1) is 21.3. The van der Waals surface area contributed by atoms with Crippen molar-refractivity contribution in [1.82, 2.24) is 10.6 Å². The minimum Gasteiger partial charge on any atom is -0.378 e. The summed E-state index contributed by atoms with van der Waals surface area (Å²) in [5.41, 5.74) is 0. The normalized spacial score (nSPS) is 18.0. The Labute approximate surface area is 151 Å². The SMILES string of the molecule is CN=C(NCCCOC1CCCCC1)NCC(C)SC.I. The van der Waals surface area contributed by atoms with Crippen molar-refractivity contribution in [1.29, 1.82) is 0 Å². The van der Waals surface area contributed by atoms with Gasteiger partial charge in [-0.25, -0.2) is 0 Å². The number of halogens is 1. The largest absolute Gasteiger partial charge is 0.378 e. The molecule has 0 aliphatic heterocycles. The molecule has 1 fully saturated rings. The van der Waals surface area contributed by atoms with Gasteiger partial charge in [0.1, 0.15) is 0 Å². The van der Waals surface area contributed by atoms with Crippen molar-refractivity contribution in [2.45, 2.75) is 56.8 Å². The maximum atomic E-state index is 5.91. The summed E-state index contributed by atoms with van der Waals surface area (Å²) < 4.78 is 5.91. The Balaban J connectivity index is 0.00000400. The lowest BCUT2D eigenvalue weighted by molar-refractivity contribution is 0.0277. The maximum Gasteiger partial charge on any atom is 0.191 e. The molecule has 1 atom stereocenters. The average Bonchev–Trinajstić information content (AvgIpc) is 2.50. The topological polar surface area (TPSA) is 45.7 Å². The van der Waals surface area contributed by atoms with E-state index in [0.717, 1.165) is 32.1 Å². The van der Waals surface area contributed by atoms with Gasteiger partial charge in [0.05, 0.1) is 6.10 Å². The van der Waals surface area contributed by atoms with Crippen molar-refractivity contribution >= 4 is 41.7 Å². The highest BCUT2D eigenvalue weighted by atomic mass is 127. The zero-order valence-electron chi connectivity index (χ0n) is 13.7. The Morgan fingerprint density at radius 2 is 2.00 bits per heavy atom. The zero-order chi connectivity index (χ0) is 14.6. The van der Waals surface area contributed by atoms with Gasteiger partial charge in [-0.2, -0.15) is 11.8 Å². The second-order valence-corrected chi connectivity index (χ2v) is 6.69. The summed E-state index contributed by atoms with van der Waals surface area (Å²) in [7, 11) is 1.82. The van der Waals surface area contributed by atoms with Gasteiger partial charge in [-0.1, -0.05) is 26.2 Å². The summed E-state index contributed by atoms with van der Waals surface area (Å²) in [4.78, 5) is 4.23. The standard InChI is InChI=1S/C15H31N3OS.HI/c1-13(20-3)12-18-15(16-2)17-10-7-11-19-14-8-5-4-6-9-14;/h13-14H,4-12H2,1-3H3,(H2,16,17,18);1H. The molecule has 0 aromatic heterocycles. The summed E-state index contributed by atoms with van der Waals surface area (Å²) in [5, 5.41) is 7.27. The van der Waals surface area contributed by atoms with Gasteiger partial charge in [0.25, 0.3) is 0 Å². The number of nitrogens with one attached hydrogen (secondary N) is 2. The molecule has 0 heterocycles. The number of hydrogen-bond acceptors (Lipinski definition) is 3. The van der Waals surface area contributed by atoms with Crippen LogP contribution in [0.15, 0.2) is 4.99 Å². The number of ether oxygens (including phenoxy) is 1. The Kier molecular flexibility index (Phi) is 14.1. The van der Waals surface area contributed by atoms with Gasteiger partial charge in [0, 0.05) is 32.0 Å². The van der Waals surface area contributed by atoms with E-state index in [-0.39, 0.29) is 24.0 Å². The second kappa shape index (κ2) is 13.9. The molecule has 1 unspecified atom stereocenters. The van der Waals surface area contributed by atoms with Crippen LogP contribution < -0.4 is 10.6 Å². The fraction of sp³-hybridized carbons (Fsp3) is 0.933. The fourth-order valence-corrected chi connectivity index (χ4v) is 2.56. The van der Waals surface area contributed by atoms with Gasteiger partial charge < -0.3 is 15.4 Å². The van der Waals surface area contributed by atoms with Gasteiger partial charge in [0.2, 0.25) is 0 Å². The Bertz CT molecular complexity index is 274. The molecule has 0 radical (unpaired) electrons. The molecule has 0 aromatic rings. The number of hydrogen-bond donors (Lipinski definition) is 2. The number of rotatable bonds is 8. The van der Waals surface area contributed by atoms with Gasteiger partial charge >= 0.3 is 0 Å². The number of nitrogens with zero attached hydrogens (tertiary/aromatic N) is 1. The number of guanidine groups is 1. The molecule has 0 amide bonds. The van der Waals surface area contributed by atoms with Crippen LogP contribution in [0.1, 0.15) is 45.4 Å². The van der Waals surface area contributed by atoms with Crippen LogP contribution in [0.2, 0.25) is 0 Å². The highest BCUT2D eigenvalue weighted by Gasteiger charge is 2.12. The van der Waals surface area contributed by atoms with Crippen LogP contribution in [-0.4, -0.2) is 50.3 Å². The summed E-state index contributed by atoms with van der Waals surface area (Å²) in [5.74, 6) is 0.892. The number of thioether (sulfide) groups is 1. The van der Waals surface area contributed by atoms with Crippen molar-refractivity contribution in [3.63, 3.8) is 0 Å². The van der Waals surface area contributed by atoms with Crippen molar-refractivity contribution in [2.75, 3.05) is 33.0 Å². The summed E-state index contributed by atoms with van der Waals surface area (Å²) in [6, 6.07) is 0. The fourth-order valence-electron chi connectivity index (χ4n) is 2.31. The van der Waals surface area contributed by atoms with Crippen molar-refractivity contribution in [3.05, 3.63) is 0 Å². The van der Waals surface area contributed by atoms with Crippen LogP contribution in [0.3, 0.4) is 0 Å². The van der Waals surface area contributed by atoms with Crippen LogP contribution in [0.25, 0.3) is 0 Å². The van der Waals surface area contributed by atoms with E-state index in [1.54, 1.807) is 0 Å². The monoisotopic (exact) mass is 429 g/mol. The van der Waals surface area contributed by atoms with E-state index >= 15 is 0 Å². The summed E-state index contributed by atoms with van der Waals surface area (Å²) >= 11 is 1.86. The van der Waals surface area contributed by atoms with E-state index in [0.29, 0.717) is 11.4 Å². The Morgan fingerprint density at radius 1 is 1.29 bits per heavy atom. The summed E-state index contributed by atoms with van der Waals surface area (Å²) in [6.07, 6.45) is 10.3. The molecule has 4 nitrogen and oxygen atoms in total. The van der Waals surface area contributed by atoms with Crippen molar-refractivity contribution in [3.8, 4) is 0 Å². The molecule has 21 heavy (non-hydrogen) atoms. The molecule has 0 saturated heterocycles. The van der Waals surface area contributed by atoms with E-state index in [1.807, 2.05) is 18.8 Å². The highest BCUT2D eigenvalue weighted by Crippen LogP contribution is 2.20. The molecule has 0 spiro atoms. The zero-order valence-corrected chi connectivity index (χ0v) is 16.8. The first-order valence-electron chi connectivity index (χ1n) is 7.85. The quantitative estimate of drug-likeness (QED) is 0.269. The van der Waals surface area contributed by atoms with Gasteiger partial charge in [-0.05, 0) is 25.5 Å².